The molecule has 0 aliphatic heterocycles. The first-order valence-corrected chi connectivity index (χ1v) is 5.70. The third kappa shape index (κ3) is 8.01. The quantitative estimate of drug-likeness (QED) is 0.661. The van der Waals surface area contributed by atoms with Crippen molar-refractivity contribution in [1.29, 1.82) is 0 Å². The summed E-state index contributed by atoms with van der Waals surface area (Å²) in [4.78, 5) is 0. The topological polar surface area (TPSA) is 43.1 Å². The molecule has 0 bridgehead atoms. The van der Waals surface area contributed by atoms with Crippen molar-refractivity contribution in [3.63, 3.8) is 0 Å². The van der Waals surface area contributed by atoms with Gasteiger partial charge in [-0.2, -0.15) is 0 Å². The smallest absolute Gasteiger partial charge is 0.0357 e. The van der Waals surface area contributed by atoms with Crippen molar-refractivity contribution < 1.29 is 4.21 Å². The van der Waals surface area contributed by atoms with Crippen LogP contribution in [0.4, 0.5) is 0 Å². The molecule has 2 N–H and O–H groups in total. The average Bonchev–Trinajstić information content (AvgIpc) is 1.87. The van der Waals surface area contributed by atoms with Gasteiger partial charge in [-0.25, -0.2) is 0 Å². The average molecular weight is 177 g/mol. The largest absolute Gasteiger partial charge is 0.330 e. The van der Waals surface area contributed by atoms with E-state index < -0.39 is 10.8 Å². The van der Waals surface area contributed by atoms with Gasteiger partial charge < -0.3 is 5.73 Å². The molecule has 0 aliphatic rings. The van der Waals surface area contributed by atoms with Gasteiger partial charge in [0.25, 0.3) is 0 Å². The highest BCUT2D eigenvalue weighted by molar-refractivity contribution is 7.84. The number of nitrogens with two attached hydrogens (primary N) is 1. The Kier molecular flexibility index (Phi) is 6.87. The second-order valence-electron chi connectivity index (χ2n) is 3.17. The number of rotatable bonds is 6. The Morgan fingerprint density at radius 2 is 2.00 bits per heavy atom. The lowest BCUT2D eigenvalue weighted by atomic mass is 10.1. The second kappa shape index (κ2) is 6.80. The molecule has 0 saturated heterocycles. The lowest BCUT2D eigenvalue weighted by Crippen LogP contribution is -2.12. The summed E-state index contributed by atoms with van der Waals surface area (Å²) in [6, 6.07) is 0. The summed E-state index contributed by atoms with van der Waals surface area (Å²) in [5, 5.41) is 0. The lowest BCUT2D eigenvalue weighted by Gasteiger charge is -2.03. The molecular formula is C8H19NOS. The van der Waals surface area contributed by atoms with E-state index in [1.165, 1.54) is 6.42 Å². The summed E-state index contributed by atoms with van der Waals surface area (Å²) in [7, 11) is -0.661. The maximum Gasteiger partial charge on any atom is 0.0357 e. The predicted molar refractivity (Wildman–Crippen MR) is 51.0 cm³/mol. The van der Waals surface area contributed by atoms with E-state index in [-0.39, 0.29) is 0 Å². The summed E-state index contributed by atoms with van der Waals surface area (Å²) >= 11 is 0. The predicted octanol–water partition coefficient (Wildman–Crippen LogP) is 1.13. The van der Waals surface area contributed by atoms with Crippen LogP contribution in [0, 0.1) is 5.92 Å². The third-order valence-electron chi connectivity index (χ3n) is 1.50. The minimum Gasteiger partial charge on any atom is -0.330 e. The van der Waals surface area contributed by atoms with Crippen LogP contribution >= 0.6 is 0 Å². The standard InChI is InChI=1S/C8H19NOS/c1-8(2)4-3-6-11(10)7-5-9/h8H,3-7,9H2,1-2H3. The van der Waals surface area contributed by atoms with E-state index in [2.05, 4.69) is 13.8 Å². The Morgan fingerprint density at radius 1 is 1.36 bits per heavy atom. The fraction of sp³-hybridized carbons (Fsp3) is 1.00. The Morgan fingerprint density at radius 3 is 2.45 bits per heavy atom. The highest BCUT2D eigenvalue weighted by Gasteiger charge is 1.99. The van der Waals surface area contributed by atoms with Crippen LogP contribution in [0.25, 0.3) is 0 Å². The molecule has 68 valence electrons. The van der Waals surface area contributed by atoms with Gasteiger partial charge in [-0.1, -0.05) is 20.3 Å². The first-order chi connectivity index (χ1) is 5.16. The summed E-state index contributed by atoms with van der Waals surface area (Å²) in [6.45, 7) is 4.92. The highest BCUT2D eigenvalue weighted by atomic mass is 32.2. The van der Waals surface area contributed by atoms with Crippen molar-refractivity contribution in [1.82, 2.24) is 0 Å². The van der Waals surface area contributed by atoms with E-state index in [1.54, 1.807) is 0 Å². The summed E-state index contributed by atoms with van der Waals surface area (Å²) in [6.07, 6.45) is 2.25. The molecule has 0 rings (SSSR count). The molecule has 0 aromatic heterocycles. The van der Waals surface area contributed by atoms with Crippen molar-refractivity contribution >= 4 is 10.8 Å². The minimum absolute atomic E-state index is 0.550. The van der Waals surface area contributed by atoms with Crippen LogP contribution in [0.15, 0.2) is 0 Å². The number of hydrogen-bond acceptors (Lipinski definition) is 2. The molecule has 0 aromatic carbocycles. The maximum absolute atomic E-state index is 11.1. The van der Waals surface area contributed by atoms with Crippen molar-refractivity contribution in [2.75, 3.05) is 18.1 Å². The van der Waals surface area contributed by atoms with E-state index in [0.29, 0.717) is 12.3 Å². The molecule has 0 fully saturated rings. The normalized spacial score (nSPS) is 13.8. The zero-order valence-corrected chi connectivity index (χ0v) is 8.32. The molecular weight excluding hydrogens is 158 g/mol. The van der Waals surface area contributed by atoms with Gasteiger partial charge in [-0.3, -0.25) is 4.21 Å². The van der Waals surface area contributed by atoms with E-state index >= 15 is 0 Å². The van der Waals surface area contributed by atoms with E-state index in [9.17, 15) is 4.21 Å². The van der Waals surface area contributed by atoms with Gasteiger partial charge in [-0.05, 0) is 12.3 Å². The number of hydrogen-bond donors (Lipinski definition) is 1. The molecule has 1 unspecified atom stereocenters. The molecule has 0 saturated carbocycles. The van der Waals surface area contributed by atoms with Gasteiger partial charge in [0.05, 0.1) is 0 Å². The zero-order chi connectivity index (χ0) is 8.69. The third-order valence-corrected chi connectivity index (χ3v) is 2.93. The molecule has 11 heavy (non-hydrogen) atoms. The molecule has 0 heterocycles. The molecule has 3 heteroatoms. The van der Waals surface area contributed by atoms with Gasteiger partial charge in [0.2, 0.25) is 0 Å². The van der Waals surface area contributed by atoms with Crippen molar-refractivity contribution in [3.8, 4) is 0 Å². The van der Waals surface area contributed by atoms with Gasteiger partial charge in [-0.15, -0.1) is 0 Å². The van der Waals surface area contributed by atoms with Crippen LogP contribution in [-0.2, 0) is 10.8 Å². The van der Waals surface area contributed by atoms with Crippen molar-refractivity contribution in [2.24, 2.45) is 11.7 Å². The van der Waals surface area contributed by atoms with E-state index in [0.717, 1.165) is 18.1 Å². The molecule has 0 aliphatic carbocycles. The first kappa shape index (κ1) is 11.1. The van der Waals surface area contributed by atoms with Crippen molar-refractivity contribution in [2.45, 2.75) is 26.7 Å². The first-order valence-electron chi connectivity index (χ1n) is 4.22. The van der Waals surface area contributed by atoms with Gasteiger partial charge >= 0.3 is 0 Å². The lowest BCUT2D eigenvalue weighted by molar-refractivity contribution is 0.575. The van der Waals surface area contributed by atoms with Crippen molar-refractivity contribution in [3.05, 3.63) is 0 Å². The monoisotopic (exact) mass is 177 g/mol. The minimum atomic E-state index is -0.661. The Balaban J connectivity index is 3.17. The summed E-state index contributed by atoms with van der Waals surface area (Å²) in [5.74, 6) is 2.22. The van der Waals surface area contributed by atoms with E-state index in [4.69, 9.17) is 5.73 Å². The van der Waals surface area contributed by atoms with Gasteiger partial charge in [0.1, 0.15) is 0 Å². The fourth-order valence-electron chi connectivity index (χ4n) is 0.886. The second-order valence-corrected chi connectivity index (χ2v) is 4.87. The fourth-order valence-corrected chi connectivity index (χ4v) is 1.84. The van der Waals surface area contributed by atoms with Crippen LogP contribution < -0.4 is 5.73 Å². The molecule has 0 aromatic rings. The SMILES string of the molecule is CC(C)CCCS(=O)CCN. The van der Waals surface area contributed by atoms with Crippen LogP contribution in [0.2, 0.25) is 0 Å². The summed E-state index contributed by atoms with van der Waals surface area (Å²) < 4.78 is 11.1. The Bertz CT molecular complexity index is 115. The van der Waals surface area contributed by atoms with Gasteiger partial charge in [0.15, 0.2) is 0 Å². The van der Waals surface area contributed by atoms with Crippen LogP contribution in [0.3, 0.4) is 0 Å². The molecule has 0 amide bonds. The van der Waals surface area contributed by atoms with E-state index in [1.807, 2.05) is 0 Å². The Labute approximate surface area is 72.0 Å². The van der Waals surface area contributed by atoms with Gasteiger partial charge in [0, 0.05) is 28.9 Å². The van der Waals surface area contributed by atoms with Crippen LogP contribution in [0.1, 0.15) is 26.7 Å². The van der Waals surface area contributed by atoms with Crippen LogP contribution in [-0.4, -0.2) is 22.3 Å². The molecule has 0 radical (unpaired) electrons. The van der Waals surface area contributed by atoms with Crippen LogP contribution in [0.5, 0.6) is 0 Å². The zero-order valence-electron chi connectivity index (χ0n) is 7.51. The maximum atomic E-state index is 11.1. The Hall–Kier alpha value is 0.110. The highest BCUT2D eigenvalue weighted by Crippen LogP contribution is 2.03. The molecule has 2 nitrogen and oxygen atoms in total. The molecule has 0 spiro atoms. The summed E-state index contributed by atoms with van der Waals surface area (Å²) in [5.41, 5.74) is 5.27. The molecule has 1 atom stereocenters.